The van der Waals surface area contributed by atoms with Gasteiger partial charge in [-0.1, -0.05) is 28.9 Å². The van der Waals surface area contributed by atoms with E-state index in [9.17, 15) is 26.4 Å². The third kappa shape index (κ3) is 4.56. The van der Waals surface area contributed by atoms with Crippen molar-refractivity contribution in [2.75, 3.05) is 10.8 Å². The van der Waals surface area contributed by atoms with Crippen molar-refractivity contribution in [3.8, 4) is 5.75 Å². The van der Waals surface area contributed by atoms with E-state index in [0.29, 0.717) is 10.5 Å². The number of benzene rings is 2. The fourth-order valence-electron chi connectivity index (χ4n) is 3.14. The van der Waals surface area contributed by atoms with Gasteiger partial charge in [0.2, 0.25) is 0 Å². The lowest BCUT2D eigenvalue weighted by atomic mass is 9.99. The van der Waals surface area contributed by atoms with Crippen LogP contribution in [0.2, 0.25) is 0 Å². The summed E-state index contributed by atoms with van der Waals surface area (Å²) in [6, 6.07) is 8.12. The Balaban J connectivity index is 2.08. The van der Waals surface area contributed by atoms with Gasteiger partial charge in [0.25, 0.3) is 10.0 Å². The third-order valence-electron chi connectivity index (χ3n) is 4.69. The van der Waals surface area contributed by atoms with Gasteiger partial charge < -0.3 is 9.84 Å². The Hall–Kier alpha value is -2.27. The highest BCUT2D eigenvalue weighted by Crippen LogP contribution is 2.41. The molecule has 0 aromatic heterocycles. The lowest BCUT2D eigenvalue weighted by Gasteiger charge is -2.37. The number of hydrogen-bond donors (Lipinski definition) is 1. The molecule has 1 heterocycles. The number of nitrogens with zero attached hydrogens (tertiary/aromatic N) is 1. The zero-order valence-electron chi connectivity index (χ0n) is 15.6. The zero-order chi connectivity index (χ0) is 22.3. The van der Waals surface area contributed by atoms with E-state index < -0.39 is 44.6 Å². The van der Waals surface area contributed by atoms with E-state index in [0.717, 1.165) is 22.5 Å². The van der Waals surface area contributed by atoms with Crippen molar-refractivity contribution in [2.45, 2.75) is 30.5 Å². The summed E-state index contributed by atoms with van der Waals surface area (Å²) in [6.45, 7) is 1.37. The summed E-state index contributed by atoms with van der Waals surface area (Å²) in [5, 5.41) is 9.06. The summed E-state index contributed by atoms with van der Waals surface area (Å²) in [7, 11) is -4.38. The highest BCUT2D eigenvalue weighted by Gasteiger charge is 2.38. The smallest absolute Gasteiger partial charge is 0.416 e. The maximum atomic E-state index is 13.3. The van der Waals surface area contributed by atoms with Gasteiger partial charge in [-0.25, -0.2) is 8.42 Å². The molecule has 1 unspecified atom stereocenters. The first-order chi connectivity index (χ1) is 13.9. The number of anilines is 1. The molecule has 1 N–H and O–H groups in total. The van der Waals surface area contributed by atoms with Crippen LogP contribution in [0.1, 0.15) is 18.9 Å². The Morgan fingerprint density at radius 1 is 1.30 bits per heavy atom. The summed E-state index contributed by atoms with van der Waals surface area (Å²) >= 11 is 3.25. The van der Waals surface area contributed by atoms with Gasteiger partial charge in [-0.2, -0.15) is 13.2 Å². The molecule has 0 fully saturated rings. The maximum Gasteiger partial charge on any atom is 0.416 e. The molecule has 2 aromatic rings. The van der Waals surface area contributed by atoms with E-state index in [1.54, 1.807) is 13.0 Å². The molecule has 0 saturated heterocycles. The SMILES string of the molecule is C[C@H](CC(=O)O)C1CN(S(=O)(=O)c2cccc(C(F)(F)F)c2)c2cc(Br)ccc2O1. The first-order valence-corrected chi connectivity index (χ1v) is 11.0. The first-order valence-electron chi connectivity index (χ1n) is 8.77. The minimum absolute atomic E-state index is 0.153. The second kappa shape index (κ2) is 8.10. The zero-order valence-corrected chi connectivity index (χ0v) is 18.0. The molecule has 0 amide bonds. The monoisotopic (exact) mass is 507 g/mol. The summed E-state index contributed by atoms with van der Waals surface area (Å²) in [5.74, 6) is -1.42. The number of halogens is 4. The topological polar surface area (TPSA) is 83.9 Å². The van der Waals surface area contributed by atoms with Gasteiger partial charge in [-0.15, -0.1) is 0 Å². The van der Waals surface area contributed by atoms with Crippen molar-refractivity contribution in [3.05, 3.63) is 52.5 Å². The molecule has 0 saturated carbocycles. The van der Waals surface area contributed by atoms with E-state index in [1.807, 2.05) is 0 Å². The van der Waals surface area contributed by atoms with E-state index >= 15 is 0 Å². The Labute approximate surface area is 179 Å². The predicted molar refractivity (Wildman–Crippen MR) is 106 cm³/mol. The van der Waals surface area contributed by atoms with Crippen LogP contribution in [0.3, 0.4) is 0 Å². The van der Waals surface area contributed by atoms with Gasteiger partial charge in [0.05, 0.1) is 29.1 Å². The lowest BCUT2D eigenvalue weighted by molar-refractivity contribution is -0.139. The van der Waals surface area contributed by atoms with E-state index in [2.05, 4.69) is 15.9 Å². The fourth-order valence-corrected chi connectivity index (χ4v) is 5.01. The largest absolute Gasteiger partial charge is 0.486 e. The molecular weight excluding hydrogens is 491 g/mol. The van der Waals surface area contributed by atoms with Crippen LogP contribution in [0.15, 0.2) is 51.8 Å². The molecule has 2 atom stereocenters. The Morgan fingerprint density at radius 2 is 2.00 bits per heavy atom. The lowest BCUT2D eigenvalue weighted by Crippen LogP contribution is -2.46. The van der Waals surface area contributed by atoms with Crippen molar-refractivity contribution < 1.29 is 36.2 Å². The average Bonchev–Trinajstić information content (AvgIpc) is 2.66. The molecule has 0 aliphatic carbocycles. The minimum atomic E-state index is -4.70. The molecule has 0 radical (unpaired) electrons. The number of aliphatic carboxylic acids is 1. The number of sulfonamides is 1. The van der Waals surface area contributed by atoms with Crippen molar-refractivity contribution in [1.29, 1.82) is 0 Å². The standard InChI is InChI=1S/C19H17BrF3NO5S/c1-11(7-18(25)26)17-10-24(15-9-13(20)5-6-16(15)29-17)30(27,28)14-4-2-3-12(8-14)19(21,22)23/h2-6,8-9,11,17H,7,10H2,1H3,(H,25,26)/t11-,17?/m1/s1. The highest BCUT2D eigenvalue weighted by molar-refractivity contribution is 9.10. The summed E-state index contributed by atoms with van der Waals surface area (Å²) in [6.07, 6.45) is -5.75. The predicted octanol–water partition coefficient (Wildman–Crippen LogP) is 4.54. The molecule has 6 nitrogen and oxygen atoms in total. The van der Waals surface area contributed by atoms with Gasteiger partial charge in [-0.3, -0.25) is 9.10 Å². The number of rotatable bonds is 5. The fraction of sp³-hybridized carbons (Fsp3) is 0.316. The minimum Gasteiger partial charge on any atom is -0.486 e. The van der Waals surface area contributed by atoms with Crippen LogP contribution in [0.5, 0.6) is 5.75 Å². The molecule has 0 spiro atoms. The van der Waals surface area contributed by atoms with Crippen LogP contribution >= 0.6 is 15.9 Å². The Kier molecular flexibility index (Phi) is 6.06. The van der Waals surface area contributed by atoms with E-state index in [1.165, 1.54) is 12.1 Å². The quantitative estimate of drug-likeness (QED) is 0.642. The summed E-state index contributed by atoms with van der Waals surface area (Å²) in [5.41, 5.74) is -0.928. The van der Waals surface area contributed by atoms with Gasteiger partial charge in [0.15, 0.2) is 0 Å². The van der Waals surface area contributed by atoms with Gasteiger partial charge in [-0.05, 0) is 36.4 Å². The number of carbonyl (C=O) groups is 1. The van der Waals surface area contributed by atoms with Crippen LogP contribution in [0, 0.1) is 5.92 Å². The summed E-state index contributed by atoms with van der Waals surface area (Å²) < 4.78 is 73.2. The molecule has 11 heteroatoms. The Bertz CT molecular complexity index is 1070. The second-order valence-corrected chi connectivity index (χ2v) is 9.68. The van der Waals surface area contributed by atoms with Crippen LogP contribution < -0.4 is 9.04 Å². The van der Waals surface area contributed by atoms with Gasteiger partial charge in [0, 0.05) is 10.4 Å². The number of hydrogen-bond acceptors (Lipinski definition) is 4. The number of carboxylic acid groups (broad SMARTS) is 1. The Morgan fingerprint density at radius 3 is 2.63 bits per heavy atom. The molecule has 3 rings (SSSR count). The number of alkyl halides is 3. The van der Waals surface area contributed by atoms with Gasteiger partial charge in [0.1, 0.15) is 11.9 Å². The van der Waals surface area contributed by atoms with Crippen molar-refractivity contribution in [2.24, 2.45) is 5.92 Å². The van der Waals surface area contributed by atoms with Crippen molar-refractivity contribution in [3.63, 3.8) is 0 Å². The molecule has 1 aliphatic heterocycles. The maximum absolute atomic E-state index is 13.3. The molecule has 162 valence electrons. The molecule has 30 heavy (non-hydrogen) atoms. The average molecular weight is 508 g/mol. The number of fused-ring (bicyclic) bond motifs is 1. The first kappa shape index (κ1) is 22.4. The molecular formula is C19H17BrF3NO5S. The third-order valence-corrected chi connectivity index (χ3v) is 6.96. The summed E-state index contributed by atoms with van der Waals surface area (Å²) in [4.78, 5) is 10.6. The highest BCUT2D eigenvalue weighted by atomic mass is 79.9. The molecule has 1 aliphatic rings. The molecule has 0 bridgehead atoms. The van der Waals surface area contributed by atoms with Crippen LogP contribution in [-0.4, -0.2) is 32.1 Å². The molecule has 2 aromatic carbocycles. The second-order valence-electron chi connectivity index (χ2n) is 6.91. The van der Waals surface area contributed by atoms with Crippen molar-refractivity contribution in [1.82, 2.24) is 0 Å². The van der Waals surface area contributed by atoms with Crippen molar-refractivity contribution >= 4 is 37.6 Å². The van der Waals surface area contributed by atoms with E-state index in [-0.39, 0.29) is 24.4 Å². The van der Waals surface area contributed by atoms with Crippen LogP contribution in [-0.2, 0) is 21.0 Å². The number of carboxylic acids is 1. The van der Waals surface area contributed by atoms with Crippen LogP contribution in [0.4, 0.5) is 18.9 Å². The van der Waals surface area contributed by atoms with Crippen LogP contribution in [0.25, 0.3) is 0 Å². The number of ether oxygens (including phenoxy) is 1. The normalized spacial score (nSPS) is 17.8. The van der Waals surface area contributed by atoms with E-state index in [4.69, 9.17) is 9.84 Å². The van der Waals surface area contributed by atoms with Gasteiger partial charge >= 0.3 is 12.1 Å².